The van der Waals surface area contributed by atoms with Gasteiger partial charge < -0.3 is 4.74 Å². The van der Waals surface area contributed by atoms with Crippen LogP contribution in [0.2, 0.25) is 0 Å². The van der Waals surface area contributed by atoms with Crippen LogP contribution in [-0.4, -0.2) is 30.0 Å². The largest absolute Gasteiger partial charge is 0.456 e. The van der Waals surface area contributed by atoms with Gasteiger partial charge in [-0.15, -0.1) is 0 Å². The number of aryl methyl sites for hydroxylation is 1. The summed E-state index contributed by atoms with van der Waals surface area (Å²) in [7, 11) is -3.14. The van der Waals surface area contributed by atoms with E-state index in [0.29, 0.717) is 22.5 Å². The smallest absolute Gasteiger partial charge is 0.338 e. The Balaban J connectivity index is 1.72. The van der Waals surface area contributed by atoms with E-state index in [-0.39, 0.29) is 17.9 Å². The third-order valence-corrected chi connectivity index (χ3v) is 4.76. The zero-order valence-electron chi connectivity index (χ0n) is 14.9. The predicted octanol–water partition coefficient (Wildman–Crippen LogP) is 1.90. The quantitative estimate of drug-likeness (QED) is 0.622. The molecule has 0 fully saturated rings. The number of rotatable bonds is 5. The molecule has 2 aromatic heterocycles. The third kappa shape index (κ3) is 4.59. The molecule has 0 N–H and O–H groups in total. The molecule has 3 aromatic rings. The highest BCUT2D eigenvalue weighted by molar-refractivity contribution is 7.89. The zero-order chi connectivity index (χ0) is 19.6. The summed E-state index contributed by atoms with van der Waals surface area (Å²) in [6, 6.07) is 12.8. The minimum Gasteiger partial charge on any atom is -0.456 e. The molecule has 0 radical (unpaired) electrons. The molecule has 0 spiro atoms. The van der Waals surface area contributed by atoms with Crippen molar-refractivity contribution in [1.82, 2.24) is 9.38 Å². The molecule has 7 nitrogen and oxygen atoms in total. The number of esters is 1. The molecule has 1 aromatic carbocycles. The number of pyridine rings is 1. The van der Waals surface area contributed by atoms with Gasteiger partial charge in [-0.05, 0) is 36.8 Å². The lowest BCUT2D eigenvalue weighted by molar-refractivity contribution is 0.0467. The molecule has 0 unspecified atom stereocenters. The molecule has 0 amide bonds. The predicted molar refractivity (Wildman–Crippen MR) is 100 cm³/mol. The van der Waals surface area contributed by atoms with Crippen LogP contribution in [0.15, 0.2) is 53.3 Å². The van der Waals surface area contributed by atoms with Gasteiger partial charge >= 0.3 is 5.97 Å². The summed E-state index contributed by atoms with van der Waals surface area (Å²) in [5.74, 6) is -0.667. The topological polar surface area (TPSA) is 94.8 Å². The van der Waals surface area contributed by atoms with E-state index in [1.54, 1.807) is 24.3 Å². The van der Waals surface area contributed by atoms with Gasteiger partial charge in [-0.1, -0.05) is 18.2 Å². The zero-order valence-corrected chi connectivity index (χ0v) is 15.7. The summed E-state index contributed by atoms with van der Waals surface area (Å²) in [4.78, 5) is 28.7. The van der Waals surface area contributed by atoms with Crippen LogP contribution in [0.5, 0.6) is 0 Å². The second-order valence-electron chi connectivity index (χ2n) is 6.29. The number of carbonyl (C=O) groups is 1. The van der Waals surface area contributed by atoms with Crippen LogP contribution >= 0.6 is 0 Å². The standard InChI is InChI=1S/C19H18N2O5S/c1-13-4-3-5-17-20-16(10-18(22)21(13)17)11-26-19(23)15-8-6-14(7-9-15)12-27(2,24)25/h3-10H,11-12H2,1-2H3. The molecule has 27 heavy (non-hydrogen) atoms. The Morgan fingerprint density at radius 3 is 2.52 bits per heavy atom. The average molecular weight is 386 g/mol. The molecule has 0 atom stereocenters. The maximum Gasteiger partial charge on any atom is 0.338 e. The van der Waals surface area contributed by atoms with Crippen molar-refractivity contribution in [2.45, 2.75) is 19.3 Å². The Morgan fingerprint density at radius 2 is 1.85 bits per heavy atom. The maximum absolute atomic E-state index is 12.2. The van der Waals surface area contributed by atoms with Crippen LogP contribution in [0.3, 0.4) is 0 Å². The highest BCUT2D eigenvalue weighted by Gasteiger charge is 2.11. The van der Waals surface area contributed by atoms with E-state index < -0.39 is 15.8 Å². The molecule has 0 saturated carbocycles. The molecule has 0 aliphatic heterocycles. The minimum atomic E-state index is -3.14. The first-order chi connectivity index (χ1) is 12.7. The van der Waals surface area contributed by atoms with E-state index in [1.807, 2.05) is 13.0 Å². The van der Waals surface area contributed by atoms with Crippen molar-refractivity contribution in [2.75, 3.05) is 6.26 Å². The summed E-state index contributed by atoms with van der Waals surface area (Å²) >= 11 is 0. The van der Waals surface area contributed by atoms with Crippen LogP contribution in [0, 0.1) is 6.92 Å². The lowest BCUT2D eigenvalue weighted by Crippen LogP contribution is -2.18. The number of ether oxygens (including phenoxy) is 1. The molecule has 3 rings (SSSR count). The van der Waals surface area contributed by atoms with Gasteiger partial charge in [0.2, 0.25) is 0 Å². The SMILES string of the molecule is Cc1cccc2nc(COC(=O)c3ccc(CS(C)(=O)=O)cc3)cc(=O)n12. The first-order valence-corrected chi connectivity index (χ1v) is 10.2. The van der Waals surface area contributed by atoms with E-state index in [9.17, 15) is 18.0 Å². The fraction of sp³-hybridized carbons (Fsp3) is 0.211. The number of aromatic nitrogens is 2. The lowest BCUT2D eigenvalue weighted by atomic mass is 10.1. The molecule has 2 heterocycles. The number of hydrogen-bond donors (Lipinski definition) is 0. The van der Waals surface area contributed by atoms with Crippen molar-refractivity contribution >= 4 is 21.5 Å². The lowest BCUT2D eigenvalue weighted by Gasteiger charge is -2.08. The first-order valence-electron chi connectivity index (χ1n) is 8.15. The molecule has 140 valence electrons. The van der Waals surface area contributed by atoms with Crippen LogP contribution < -0.4 is 5.56 Å². The van der Waals surface area contributed by atoms with Crippen LogP contribution in [-0.2, 0) is 26.9 Å². The highest BCUT2D eigenvalue weighted by atomic mass is 32.2. The van der Waals surface area contributed by atoms with Crippen molar-refractivity contribution < 1.29 is 17.9 Å². The number of sulfone groups is 1. The fourth-order valence-corrected chi connectivity index (χ4v) is 3.50. The van der Waals surface area contributed by atoms with Gasteiger partial charge in [-0.2, -0.15) is 0 Å². The summed E-state index contributed by atoms with van der Waals surface area (Å²) in [5, 5.41) is 0. The van der Waals surface area contributed by atoms with Crippen LogP contribution in [0.1, 0.15) is 27.3 Å². The second-order valence-corrected chi connectivity index (χ2v) is 8.43. The van der Waals surface area contributed by atoms with Gasteiger partial charge in [0.05, 0.1) is 17.0 Å². The molecule has 0 saturated heterocycles. The number of hydrogen-bond acceptors (Lipinski definition) is 6. The number of carbonyl (C=O) groups excluding carboxylic acids is 1. The van der Waals surface area contributed by atoms with E-state index in [2.05, 4.69) is 4.98 Å². The van der Waals surface area contributed by atoms with E-state index in [1.165, 1.54) is 22.6 Å². The third-order valence-electron chi connectivity index (χ3n) is 3.90. The highest BCUT2D eigenvalue weighted by Crippen LogP contribution is 2.10. The van der Waals surface area contributed by atoms with E-state index >= 15 is 0 Å². The van der Waals surface area contributed by atoms with Crippen LogP contribution in [0.4, 0.5) is 0 Å². The Morgan fingerprint density at radius 1 is 1.15 bits per heavy atom. The summed E-state index contributed by atoms with van der Waals surface area (Å²) < 4.78 is 29.3. The monoisotopic (exact) mass is 386 g/mol. The molecule has 0 aliphatic rings. The Bertz CT molecular complexity index is 1160. The van der Waals surface area contributed by atoms with Crippen molar-refractivity contribution in [2.24, 2.45) is 0 Å². The normalized spacial score (nSPS) is 11.5. The van der Waals surface area contributed by atoms with Crippen molar-refractivity contribution in [3.8, 4) is 0 Å². The average Bonchev–Trinajstić information content (AvgIpc) is 2.59. The van der Waals surface area contributed by atoms with E-state index in [4.69, 9.17) is 4.74 Å². The van der Waals surface area contributed by atoms with Gasteiger partial charge in [0.1, 0.15) is 12.3 Å². The first kappa shape index (κ1) is 18.8. The molecular formula is C19H18N2O5S. The minimum absolute atomic E-state index is 0.0906. The van der Waals surface area contributed by atoms with Crippen molar-refractivity contribution in [3.63, 3.8) is 0 Å². The van der Waals surface area contributed by atoms with E-state index in [0.717, 1.165) is 11.9 Å². The maximum atomic E-state index is 12.2. The van der Waals surface area contributed by atoms with Gasteiger partial charge in [-0.25, -0.2) is 18.2 Å². The Kier molecular flexibility index (Phi) is 5.09. The number of nitrogens with zero attached hydrogens (tertiary/aromatic N) is 2. The second kappa shape index (κ2) is 7.32. The van der Waals surface area contributed by atoms with Crippen molar-refractivity contribution in [3.05, 3.63) is 81.4 Å². The van der Waals surface area contributed by atoms with Gasteiger partial charge in [0.25, 0.3) is 5.56 Å². The van der Waals surface area contributed by atoms with Crippen molar-refractivity contribution in [1.29, 1.82) is 0 Å². The van der Waals surface area contributed by atoms with Crippen LogP contribution in [0.25, 0.3) is 5.65 Å². The number of fused-ring (bicyclic) bond motifs is 1. The summed E-state index contributed by atoms with van der Waals surface area (Å²) in [5.41, 5.74) is 2.25. The fourth-order valence-electron chi connectivity index (χ4n) is 2.70. The Hall–Kier alpha value is -3.00. The van der Waals surface area contributed by atoms with Gasteiger partial charge in [0, 0.05) is 18.0 Å². The van der Waals surface area contributed by atoms with Gasteiger partial charge in [-0.3, -0.25) is 9.20 Å². The summed E-state index contributed by atoms with van der Waals surface area (Å²) in [6.07, 6.45) is 1.15. The Labute approximate surface area is 156 Å². The molecule has 0 aliphatic carbocycles. The number of benzene rings is 1. The molecule has 8 heteroatoms. The molecular weight excluding hydrogens is 368 g/mol. The molecule has 0 bridgehead atoms. The summed E-state index contributed by atoms with van der Waals surface area (Å²) in [6.45, 7) is 1.67. The van der Waals surface area contributed by atoms with Gasteiger partial charge in [0.15, 0.2) is 9.84 Å².